The Bertz CT molecular complexity index is 843. The maximum Gasteiger partial charge on any atom is 0.254 e. The molecule has 1 atom stereocenters. The average molecular weight is 368 g/mol. The van der Waals surface area contributed by atoms with E-state index >= 15 is 0 Å². The molecule has 2 aromatic rings. The van der Waals surface area contributed by atoms with E-state index in [-0.39, 0.29) is 11.9 Å². The molecule has 3 heterocycles. The van der Waals surface area contributed by atoms with Crippen molar-refractivity contribution in [3.63, 3.8) is 0 Å². The maximum absolute atomic E-state index is 13.2. The standard InChI is InChI=1S/C21H28N4O2/c1-14(2)6-9-19-22-20-15(3)24(10-11-25(20)23-19)21(26)17-7-8-18-16(13-17)5-4-12-27-18/h7-8,13-15H,4-6,9-12H2,1-3H3/t15-/m1/s1. The Morgan fingerprint density at radius 1 is 1.33 bits per heavy atom. The molecular weight excluding hydrogens is 340 g/mol. The van der Waals surface area contributed by atoms with E-state index in [4.69, 9.17) is 9.72 Å². The SMILES string of the molecule is CC(C)CCc1nc2n(n1)CCN(C(=O)c1ccc3c(c1)CCCO3)[C@@H]2C. The van der Waals surface area contributed by atoms with Crippen LogP contribution in [-0.2, 0) is 19.4 Å². The molecule has 0 fully saturated rings. The summed E-state index contributed by atoms with van der Waals surface area (Å²) in [5.74, 6) is 3.40. The molecule has 27 heavy (non-hydrogen) atoms. The van der Waals surface area contributed by atoms with Gasteiger partial charge in [0.25, 0.3) is 5.91 Å². The van der Waals surface area contributed by atoms with Gasteiger partial charge in [-0.2, -0.15) is 5.10 Å². The number of nitrogens with zero attached hydrogens (tertiary/aromatic N) is 4. The van der Waals surface area contributed by atoms with Gasteiger partial charge in [0.15, 0.2) is 5.82 Å². The van der Waals surface area contributed by atoms with Crippen LogP contribution in [0.3, 0.4) is 0 Å². The van der Waals surface area contributed by atoms with Gasteiger partial charge in [0.2, 0.25) is 0 Å². The lowest BCUT2D eigenvalue weighted by Crippen LogP contribution is -2.41. The summed E-state index contributed by atoms with van der Waals surface area (Å²) in [4.78, 5) is 19.8. The van der Waals surface area contributed by atoms with Gasteiger partial charge in [0.05, 0.1) is 19.2 Å². The van der Waals surface area contributed by atoms with Crippen LogP contribution in [0.25, 0.3) is 0 Å². The van der Waals surface area contributed by atoms with Gasteiger partial charge in [-0.1, -0.05) is 13.8 Å². The van der Waals surface area contributed by atoms with E-state index in [1.807, 2.05) is 34.7 Å². The van der Waals surface area contributed by atoms with Crippen molar-refractivity contribution in [3.05, 3.63) is 41.0 Å². The summed E-state index contributed by atoms with van der Waals surface area (Å²) in [5, 5.41) is 4.65. The summed E-state index contributed by atoms with van der Waals surface area (Å²) in [6.07, 6.45) is 3.95. The topological polar surface area (TPSA) is 60.2 Å². The second kappa shape index (κ2) is 7.33. The average Bonchev–Trinajstić information content (AvgIpc) is 3.10. The van der Waals surface area contributed by atoms with Gasteiger partial charge in [-0.05, 0) is 55.9 Å². The van der Waals surface area contributed by atoms with Crippen LogP contribution in [0.5, 0.6) is 5.75 Å². The first kappa shape index (κ1) is 18.0. The van der Waals surface area contributed by atoms with Crippen LogP contribution in [0.2, 0.25) is 0 Å². The third-order valence-corrected chi connectivity index (χ3v) is 5.50. The first-order valence-corrected chi connectivity index (χ1v) is 10.0. The van der Waals surface area contributed by atoms with E-state index in [9.17, 15) is 4.79 Å². The number of ether oxygens (including phenoxy) is 1. The predicted molar refractivity (Wildman–Crippen MR) is 103 cm³/mol. The van der Waals surface area contributed by atoms with E-state index in [1.165, 1.54) is 0 Å². The number of hydrogen-bond acceptors (Lipinski definition) is 4. The molecule has 144 valence electrons. The van der Waals surface area contributed by atoms with Crippen LogP contribution < -0.4 is 4.74 Å². The zero-order valence-corrected chi connectivity index (χ0v) is 16.4. The van der Waals surface area contributed by atoms with Crippen molar-refractivity contribution in [2.75, 3.05) is 13.2 Å². The van der Waals surface area contributed by atoms with Crippen molar-refractivity contribution in [1.82, 2.24) is 19.7 Å². The molecule has 0 aliphatic carbocycles. The van der Waals surface area contributed by atoms with Gasteiger partial charge < -0.3 is 9.64 Å². The molecule has 2 aliphatic heterocycles. The highest BCUT2D eigenvalue weighted by Crippen LogP contribution is 2.29. The summed E-state index contributed by atoms with van der Waals surface area (Å²) in [6.45, 7) is 8.59. The van der Waals surface area contributed by atoms with Crippen molar-refractivity contribution in [2.24, 2.45) is 5.92 Å². The number of rotatable bonds is 4. The molecule has 1 aromatic carbocycles. The molecule has 4 rings (SSSR count). The number of hydrogen-bond donors (Lipinski definition) is 0. The number of carbonyl (C=O) groups excluding carboxylic acids is 1. The van der Waals surface area contributed by atoms with E-state index in [1.54, 1.807) is 0 Å². The van der Waals surface area contributed by atoms with E-state index in [2.05, 4.69) is 18.9 Å². The van der Waals surface area contributed by atoms with Crippen molar-refractivity contribution >= 4 is 5.91 Å². The smallest absolute Gasteiger partial charge is 0.254 e. The van der Waals surface area contributed by atoms with Gasteiger partial charge >= 0.3 is 0 Å². The number of fused-ring (bicyclic) bond motifs is 2. The normalized spacial score (nSPS) is 18.8. The monoisotopic (exact) mass is 368 g/mol. The van der Waals surface area contributed by atoms with E-state index < -0.39 is 0 Å². The van der Waals surface area contributed by atoms with Gasteiger partial charge in [0.1, 0.15) is 11.6 Å². The van der Waals surface area contributed by atoms with Crippen molar-refractivity contribution in [3.8, 4) is 5.75 Å². The van der Waals surface area contributed by atoms with Crippen LogP contribution in [0.15, 0.2) is 18.2 Å². The Morgan fingerprint density at radius 2 is 2.19 bits per heavy atom. The Balaban J connectivity index is 1.52. The molecule has 0 unspecified atom stereocenters. The van der Waals surface area contributed by atoms with Crippen LogP contribution >= 0.6 is 0 Å². The first-order chi connectivity index (χ1) is 13.0. The summed E-state index contributed by atoms with van der Waals surface area (Å²) in [7, 11) is 0. The summed E-state index contributed by atoms with van der Waals surface area (Å²) in [6, 6.07) is 5.74. The molecule has 0 radical (unpaired) electrons. The van der Waals surface area contributed by atoms with Gasteiger partial charge in [-0.25, -0.2) is 9.67 Å². The van der Waals surface area contributed by atoms with Crippen LogP contribution in [-0.4, -0.2) is 38.7 Å². The number of amides is 1. The Kier molecular flexibility index (Phi) is 4.89. The van der Waals surface area contributed by atoms with Crippen molar-refractivity contribution in [2.45, 2.75) is 59.0 Å². The zero-order chi connectivity index (χ0) is 19.0. The minimum absolute atomic E-state index is 0.0638. The van der Waals surface area contributed by atoms with Gasteiger partial charge in [0, 0.05) is 18.5 Å². The second-order valence-corrected chi connectivity index (χ2v) is 7.99. The number of aromatic nitrogens is 3. The number of aryl methyl sites for hydroxylation is 2. The lowest BCUT2D eigenvalue weighted by atomic mass is 10.0. The molecule has 0 saturated heterocycles. The van der Waals surface area contributed by atoms with Crippen LogP contribution in [0.1, 0.15) is 67.2 Å². The highest BCUT2D eigenvalue weighted by Gasteiger charge is 2.31. The fourth-order valence-electron chi connectivity index (χ4n) is 3.87. The molecule has 0 N–H and O–H groups in total. The molecule has 6 heteroatoms. The summed E-state index contributed by atoms with van der Waals surface area (Å²) >= 11 is 0. The molecule has 0 saturated carbocycles. The Hall–Kier alpha value is -2.37. The first-order valence-electron chi connectivity index (χ1n) is 10.0. The van der Waals surface area contributed by atoms with Crippen molar-refractivity contribution < 1.29 is 9.53 Å². The largest absolute Gasteiger partial charge is 0.493 e. The minimum Gasteiger partial charge on any atom is -0.493 e. The van der Waals surface area contributed by atoms with Crippen LogP contribution in [0.4, 0.5) is 0 Å². The molecule has 1 amide bonds. The third kappa shape index (κ3) is 3.57. The van der Waals surface area contributed by atoms with E-state index in [0.717, 1.165) is 60.8 Å². The van der Waals surface area contributed by atoms with Gasteiger partial charge in [-0.15, -0.1) is 0 Å². The quantitative estimate of drug-likeness (QED) is 0.830. The van der Waals surface area contributed by atoms with Crippen molar-refractivity contribution in [1.29, 1.82) is 0 Å². The summed E-state index contributed by atoms with van der Waals surface area (Å²) in [5.41, 5.74) is 1.87. The lowest BCUT2D eigenvalue weighted by Gasteiger charge is -2.33. The second-order valence-electron chi connectivity index (χ2n) is 7.99. The maximum atomic E-state index is 13.2. The van der Waals surface area contributed by atoms with E-state index in [0.29, 0.717) is 19.0 Å². The highest BCUT2D eigenvalue weighted by molar-refractivity contribution is 5.95. The number of benzene rings is 1. The third-order valence-electron chi connectivity index (χ3n) is 5.50. The molecule has 0 spiro atoms. The predicted octanol–water partition coefficient (Wildman–Crippen LogP) is 3.41. The molecule has 1 aromatic heterocycles. The molecule has 2 aliphatic rings. The highest BCUT2D eigenvalue weighted by atomic mass is 16.5. The zero-order valence-electron chi connectivity index (χ0n) is 16.4. The minimum atomic E-state index is -0.0705. The molecular formula is C21H28N4O2. The van der Waals surface area contributed by atoms with Gasteiger partial charge in [-0.3, -0.25) is 4.79 Å². The van der Waals surface area contributed by atoms with Crippen LogP contribution in [0, 0.1) is 5.92 Å². The summed E-state index contributed by atoms with van der Waals surface area (Å²) < 4.78 is 7.64. The molecule has 6 nitrogen and oxygen atoms in total. The Morgan fingerprint density at radius 3 is 3.00 bits per heavy atom. The fourth-order valence-corrected chi connectivity index (χ4v) is 3.87. The molecule has 0 bridgehead atoms. The Labute approximate surface area is 160 Å². The lowest BCUT2D eigenvalue weighted by molar-refractivity contribution is 0.0630. The fraction of sp³-hybridized carbons (Fsp3) is 0.571. The number of carbonyl (C=O) groups is 1.